The van der Waals surface area contributed by atoms with Crippen LogP contribution in [0.5, 0.6) is 0 Å². The Labute approximate surface area is 94.1 Å². The number of rotatable bonds is 2. The Morgan fingerprint density at radius 3 is 2.38 bits per heavy atom. The molecule has 0 heterocycles. The summed E-state index contributed by atoms with van der Waals surface area (Å²) in [5, 5.41) is 20.4. The van der Waals surface area contributed by atoms with E-state index >= 15 is 0 Å². The summed E-state index contributed by atoms with van der Waals surface area (Å²) in [6.07, 6.45) is 3.71. The van der Waals surface area contributed by atoms with E-state index in [1.165, 1.54) is 12.1 Å². The van der Waals surface area contributed by atoms with Gasteiger partial charge in [-0.25, -0.2) is 0 Å². The predicted octanol–water partition coefficient (Wildman–Crippen LogP) is 2.61. The van der Waals surface area contributed by atoms with Crippen molar-refractivity contribution in [1.29, 1.82) is 0 Å². The smallest absolute Gasteiger partial charge is 0.269 e. The molecule has 0 aliphatic heterocycles. The largest absolute Gasteiger partial charge is 0.392 e. The van der Waals surface area contributed by atoms with E-state index in [-0.39, 0.29) is 17.7 Å². The van der Waals surface area contributed by atoms with Crippen LogP contribution in [0.2, 0.25) is 0 Å². The Morgan fingerprint density at radius 2 is 1.81 bits per heavy atom. The third-order valence-corrected chi connectivity index (χ3v) is 3.26. The Morgan fingerprint density at radius 1 is 1.19 bits per heavy atom. The fraction of sp³-hybridized carbons (Fsp3) is 0.500. The number of hydrogen-bond donors (Lipinski definition) is 1. The van der Waals surface area contributed by atoms with Gasteiger partial charge in [0.15, 0.2) is 0 Å². The van der Waals surface area contributed by atoms with E-state index in [1.54, 1.807) is 12.1 Å². The van der Waals surface area contributed by atoms with E-state index in [0.717, 1.165) is 31.2 Å². The van der Waals surface area contributed by atoms with Crippen LogP contribution in [0.15, 0.2) is 24.3 Å². The average Bonchev–Trinajstić information content (AvgIpc) is 2.30. The van der Waals surface area contributed by atoms with Crippen molar-refractivity contribution in [3.05, 3.63) is 39.9 Å². The van der Waals surface area contributed by atoms with E-state index in [1.807, 2.05) is 0 Å². The molecule has 0 spiro atoms. The van der Waals surface area contributed by atoms with Gasteiger partial charge in [0.1, 0.15) is 0 Å². The lowest BCUT2D eigenvalue weighted by atomic mass is 9.82. The van der Waals surface area contributed by atoms with Crippen molar-refractivity contribution in [2.45, 2.75) is 37.7 Å². The van der Waals surface area contributed by atoms with Crippen molar-refractivity contribution in [2.75, 3.05) is 0 Å². The van der Waals surface area contributed by atoms with E-state index < -0.39 is 4.92 Å². The molecule has 16 heavy (non-hydrogen) atoms. The van der Waals surface area contributed by atoms with Crippen molar-refractivity contribution in [2.24, 2.45) is 0 Å². The quantitative estimate of drug-likeness (QED) is 0.616. The van der Waals surface area contributed by atoms with Gasteiger partial charge in [-0.2, -0.15) is 0 Å². The molecule has 4 nitrogen and oxygen atoms in total. The minimum Gasteiger partial charge on any atom is -0.392 e. The van der Waals surface area contributed by atoms with Crippen molar-refractivity contribution in [1.82, 2.24) is 0 Å². The zero-order valence-electron chi connectivity index (χ0n) is 9.00. The first-order chi connectivity index (χ1) is 7.68. The Bertz CT molecular complexity index is 374. The van der Waals surface area contributed by atoms with E-state index in [0.29, 0.717) is 0 Å². The maximum absolute atomic E-state index is 10.5. The zero-order valence-corrected chi connectivity index (χ0v) is 9.00. The number of hydrogen-bond acceptors (Lipinski definition) is 3. The second-order valence-electron chi connectivity index (χ2n) is 4.31. The highest BCUT2D eigenvalue weighted by Crippen LogP contribution is 2.33. The lowest BCUT2D eigenvalue weighted by Crippen LogP contribution is -2.22. The molecule has 2 unspecified atom stereocenters. The second kappa shape index (κ2) is 4.61. The highest BCUT2D eigenvalue weighted by Gasteiger charge is 2.24. The van der Waals surface area contributed by atoms with Gasteiger partial charge in [-0.3, -0.25) is 10.1 Å². The first kappa shape index (κ1) is 11.1. The van der Waals surface area contributed by atoms with Crippen molar-refractivity contribution in [3.63, 3.8) is 0 Å². The molecule has 1 N–H and O–H groups in total. The van der Waals surface area contributed by atoms with Gasteiger partial charge in [0, 0.05) is 18.1 Å². The van der Waals surface area contributed by atoms with Crippen LogP contribution in [0.4, 0.5) is 5.69 Å². The number of aliphatic hydroxyl groups excluding tert-OH is 1. The third kappa shape index (κ3) is 2.22. The van der Waals surface area contributed by atoms with Gasteiger partial charge in [-0.15, -0.1) is 0 Å². The standard InChI is InChI=1S/C12H15NO3/c14-12-4-2-1-3-11(12)9-5-7-10(8-6-9)13(15)16/h5-8,11-12,14H,1-4H2. The normalized spacial score (nSPS) is 25.3. The summed E-state index contributed by atoms with van der Waals surface area (Å²) in [6, 6.07) is 6.54. The maximum atomic E-state index is 10.5. The number of nitro benzene ring substituents is 1. The van der Waals surface area contributed by atoms with Crippen LogP contribution in [-0.4, -0.2) is 16.1 Å². The van der Waals surface area contributed by atoms with Crippen molar-refractivity contribution < 1.29 is 10.0 Å². The Hall–Kier alpha value is -1.42. The zero-order chi connectivity index (χ0) is 11.5. The van der Waals surface area contributed by atoms with Gasteiger partial charge in [0.2, 0.25) is 0 Å². The topological polar surface area (TPSA) is 63.4 Å². The van der Waals surface area contributed by atoms with Gasteiger partial charge in [-0.05, 0) is 18.4 Å². The van der Waals surface area contributed by atoms with Gasteiger partial charge < -0.3 is 5.11 Å². The summed E-state index contributed by atoms with van der Waals surface area (Å²) in [4.78, 5) is 10.1. The second-order valence-corrected chi connectivity index (χ2v) is 4.31. The molecule has 1 fully saturated rings. The Balaban J connectivity index is 2.17. The minimum absolute atomic E-state index is 0.106. The van der Waals surface area contributed by atoms with Crippen LogP contribution in [0.25, 0.3) is 0 Å². The van der Waals surface area contributed by atoms with Gasteiger partial charge >= 0.3 is 0 Å². The average molecular weight is 221 g/mol. The molecule has 0 amide bonds. The minimum atomic E-state index is -0.402. The molecule has 0 radical (unpaired) electrons. The number of aliphatic hydroxyl groups is 1. The number of nitrogens with zero attached hydrogens (tertiary/aromatic N) is 1. The first-order valence-corrected chi connectivity index (χ1v) is 5.61. The molecule has 1 saturated carbocycles. The molecule has 0 aromatic heterocycles. The van der Waals surface area contributed by atoms with Crippen LogP contribution >= 0.6 is 0 Å². The molecular formula is C12H15NO3. The molecule has 2 rings (SSSR count). The van der Waals surface area contributed by atoms with Crippen LogP contribution < -0.4 is 0 Å². The fourth-order valence-corrected chi connectivity index (χ4v) is 2.34. The van der Waals surface area contributed by atoms with Crippen molar-refractivity contribution in [3.8, 4) is 0 Å². The van der Waals surface area contributed by atoms with Crippen LogP contribution in [-0.2, 0) is 0 Å². The molecule has 0 bridgehead atoms. The van der Waals surface area contributed by atoms with Gasteiger partial charge in [0.05, 0.1) is 11.0 Å². The highest BCUT2D eigenvalue weighted by atomic mass is 16.6. The monoisotopic (exact) mass is 221 g/mol. The van der Waals surface area contributed by atoms with E-state index in [4.69, 9.17) is 0 Å². The van der Waals surface area contributed by atoms with Crippen LogP contribution in [0.1, 0.15) is 37.2 Å². The molecule has 86 valence electrons. The summed E-state index contributed by atoms with van der Waals surface area (Å²) < 4.78 is 0. The number of nitro groups is 1. The molecule has 1 aliphatic carbocycles. The predicted molar refractivity (Wildman–Crippen MR) is 60.3 cm³/mol. The van der Waals surface area contributed by atoms with Crippen LogP contribution in [0.3, 0.4) is 0 Å². The molecule has 1 aliphatic rings. The highest BCUT2D eigenvalue weighted by molar-refractivity contribution is 5.34. The van der Waals surface area contributed by atoms with Crippen molar-refractivity contribution >= 4 is 5.69 Å². The summed E-state index contributed by atoms with van der Waals surface area (Å²) in [5.41, 5.74) is 1.12. The molecule has 0 saturated heterocycles. The fourth-order valence-electron chi connectivity index (χ4n) is 2.34. The first-order valence-electron chi connectivity index (χ1n) is 5.61. The lowest BCUT2D eigenvalue weighted by molar-refractivity contribution is -0.384. The summed E-state index contributed by atoms with van der Waals surface area (Å²) in [6.45, 7) is 0. The molecule has 2 atom stereocenters. The summed E-state index contributed by atoms with van der Waals surface area (Å²) >= 11 is 0. The van der Waals surface area contributed by atoms with Gasteiger partial charge in [0.25, 0.3) is 5.69 Å². The third-order valence-electron chi connectivity index (χ3n) is 3.26. The lowest BCUT2D eigenvalue weighted by Gasteiger charge is -2.27. The summed E-state index contributed by atoms with van der Waals surface area (Å²) in [5.74, 6) is 0.148. The van der Waals surface area contributed by atoms with Crippen LogP contribution in [0, 0.1) is 10.1 Å². The van der Waals surface area contributed by atoms with E-state index in [2.05, 4.69) is 0 Å². The molecule has 4 heteroatoms. The molecule has 1 aromatic carbocycles. The summed E-state index contributed by atoms with van der Waals surface area (Å²) in [7, 11) is 0. The SMILES string of the molecule is O=[N+]([O-])c1ccc(C2CCCCC2O)cc1. The van der Waals surface area contributed by atoms with E-state index in [9.17, 15) is 15.2 Å². The number of benzene rings is 1. The Kier molecular flexibility index (Phi) is 3.19. The molecule has 1 aromatic rings. The van der Waals surface area contributed by atoms with Gasteiger partial charge in [-0.1, -0.05) is 25.0 Å². The maximum Gasteiger partial charge on any atom is 0.269 e. The molecular weight excluding hydrogens is 206 g/mol. The number of non-ortho nitro benzene ring substituents is 1.